The number of hydrogen-bond donors (Lipinski definition) is 2. The molecule has 3 atom stereocenters. The van der Waals surface area contributed by atoms with Crippen LogP contribution in [-0.2, 0) is 13.5 Å². The maximum absolute atomic E-state index is 10.4. The Labute approximate surface area is 132 Å². The van der Waals surface area contributed by atoms with E-state index < -0.39 is 6.10 Å². The minimum atomic E-state index is -0.416. The van der Waals surface area contributed by atoms with Crippen LogP contribution in [0.3, 0.4) is 0 Å². The summed E-state index contributed by atoms with van der Waals surface area (Å²) in [6.07, 6.45) is 5.75. The van der Waals surface area contributed by atoms with Crippen LogP contribution in [0, 0.1) is 0 Å². The number of aliphatic hydroxyl groups is 1. The molecular formula is C18H25N3O. The molecule has 2 aromatic rings. The molecule has 0 saturated carbocycles. The number of fused-ring (bicyclic) bond motifs is 1. The van der Waals surface area contributed by atoms with Crippen molar-refractivity contribution in [2.24, 2.45) is 7.05 Å². The van der Waals surface area contributed by atoms with Crippen LogP contribution in [0.5, 0.6) is 0 Å². The van der Waals surface area contributed by atoms with Crippen molar-refractivity contribution >= 4 is 0 Å². The van der Waals surface area contributed by atoms with Gasteiger partial charge in [-0.05, 0) is 38.2 Å². The molecule has 0 amide bonds. The Morgan fingerprint density at radius 3 is 2.91 bits per heavy atom. The van der Waals surface area contributed by atoms with Gasteiger partial charge in [0.1, 0.15) is 0 Å². The van der Waals surface area contributed by atoms with Gasteiger partial charge in [-0.25, -0.2) is 0 Å². The van der Waals surface area contributed by atoms with Crippen molar-refractivity contribution in [2.75, 3.05) is 0 Å². The van der Waals surface area contributed by atoms with E-state index in [1.165, 1.54) is 17.7 Å². The molecule has 0 aliphatic heterocycles. The summed E-state index contributed by atoms with van der Waals surface area (Å²) in [7, 11) is 2.02. The van der Waals surface area contributed by atoms with Gasteiger partial charge >= 0.3 is 0 Å². The van der Waals surface area contributed by atoms with Crippen molar-refractivity contribution in [3.8, 4) is 0 Å². The lowest BCUT2D eigenvalue weighted by Crippen LogP contribution is -2.33. The second kappa shape index (κ2) is 6.63. The quantitative estimate of drug-likeness (QED) is 0.892. The van der Waals surface area contributed by atoms with Crippen LogP contribution in [0.4, 0.5) is 0 Å². The van der Waals surface area contributed by atoms with Crippen molar-refractivity contribution < 1.29 is 5.11 Å². The van der Waals surface area contributed by atoms with Gasteiger partial charge in [0.15, 0.2) is 0 Å². The van der Waals surface area contributed by atoms with Gasteiger partial charge < -0.3 is 10.4 Å². The minimum absolute atomic E-state index is 0.256. The topological polar surface area (TPSA) is 50.1 Å². The van der Waals surface area contributed by atoms with Gasteiger partial charge in [-0.2, -0.15) is 5.10 Å². The van der Waals surface area contributed by atoms with E-state index in [0.717, 1.165) is 24.8 Å². The van der Waals surface area contributed by atoms with Crippen LogP contribution in [0.1, 0.15) is 55.2 Å². The van der Waals surface area contributed by atoms with Crippen molar-refractivity contribution in [3.05, 3.63) is 53.3 Å². The lowest BCUT2D eigenvalue weighted by molar-refractivity contribution is 0.150. The van der Waals surface area contributed by atoms with Gasteiger partial charge in [-0.15, -0.1) is 0 Å². The van der Waals surface area contributed by atoms with E-state index in [9.17, 15) is 5.11 Å². The zero-order valence-electron chi connectivity index (χ0n) is 13.4. The fourth-order valence-electron chi connectivity index (χ4n) is 3.44. The molecule has 1 aromatic carbocycles. The lowest BCUT2D eigenvalue weighted by atomic mass is 9.92. The van der Waals surface area contributed by atoms with Gasteiger partial charge in [0.25, 0.3) is 0 Å². The number of aliphatic hydroxyl groups excluding tert-OH is 1. The first kappa shape index (κ1) is 15.3. The standard InChI is InChI=1S/C18H25N3O/c1-13(11-18(22)14-7-4-3-5-8-14)20-16-9-6-10-17-15(16)12-19-21(17)2/h3-5,7-8,12-13,16,18,20,22H,6,9-11H2,1-2H3. The Bertz CT molecular complexity index is 608. The monoisotopic (exact) mass is 299 g/mol. The van der Waals surface area contributed by atoms with E-state index in [4.69, 9.17) is 0 Å². The Balaban J connectivity index is 1.62. The number of aryl methyl sites for hydroxylation is 1. The Morgan fingerprint density at radius 2 is 2.14 bits per heavy atom. The molecule has 1 aliphatic carbocycles. The summed E-state index contributed by atoms with van der Waals surface area (Å²) in [5, 5.41) is 18.4. The minimum Gasteiger partial charge on any atom is -0.388 e. The zero-order chi connectivity index (χ0) is 15.5. The molecule has 0 bridgehead atoms. The number of aromatic nitrogens is 2. The molecular weight excluding hydrogens is 274 g/mol. The third-order valence-corrected chi connectivity index (χ3v) is 4.62. The first-order chi connectivity index (χ1) is 10.6. The normalized spacial score (nSPS) is 20.4. The Morgan fingerprint density at radius 1 is 1.36 bits per heavy atom. The van der Waals surface area contributed by atoms with Gasteiger partial charge in [-0.1, -0.05) is 30.3 Å². The van der Waals surface area contributed by atoms with Crippen molar-refractivity contribution in [1.82, 2.24) is 15.1 Å². The maximum atomic E-state index is 10.4. The summed E-state index contributed by atoms with van der Waals surface area (Å²) in [6.45, 7) is 2.15. The fraction of sp³-hybridized carbons (Fsp3) is 0.500. The van der Waals surface area contributed by atoms with Gasteiger partial charge in [-0.3, -0.25) is 4.68 Å². The highest BCUT2D eigenvalue weighted by Crippen LogP contribution is 2.30. The van der Waals surface area contributed by atoms with Crippen LogP contribution in [0.2, 0.25) is 0 Å². The summed E-state index contributed by atoms with van der Waals surface area (Å²) >= 11 is 0. The number of rotatable bonds is 5. The Hall–Kier alpha value is -1.65. The fourth-order valence-corrected chi connectivity index (χ4v) is 3.44. The van der Waals surface area contributed by atoms with Crippen molar-refractivity contribution in [2.45, 2.75) is 50.8 Å². The average molecular weight is 299 g/mol. The third kappa shape index (κ3) is 3.23. The third-order valence-electron chi connectivity index (χ3n) is 4.62. The van der Waals surface area contributed by atoms with E-state index in [1.54, 1.807) is 0 Å². The largest absolute Gasteiger partial charge is 0.388 e. The van der Waals surface area contributed by atoms with Crippen molar-refractivity contribution in [3.63, 3.8) is 0 Å². The molecule has 0 radical (unpaired) electrons. The molecule has 3 unspecified atom stereocenters. The van der Waals surface area contributed by atoms with E-state index in [-0.39, 0.29) is 6.04 Å². The molecule has 3 rings (SSSR count). The molecule has 2 N–H and O–H groups in total. The molecule has 1 heterocycles. The molecule has 4 heteroatoms. The molecule has 0 fully saturated rings. The predicted molar refractivity (Wildman–Crippen MR) is 87.5 cm³/mol. The molecule has 4 nitrogen and oxygen atoms in total. The van der Waals surface area contributed by atoms with Gasteiger partial charge in [0.05, 0.1) is 12.3 Å². The highest BCUT2D eigenvalue weighted by Gasteiger charge is 2.25. The lowest BCUT2D eigenvalue weighted by Gasteiger charge is -2.28. The molecule has 22 heavy (non-hydrogen) atoms. The van der Waals surface area contributed by atoms with E-state index in [2.05, 4.69) is 17.3 Å². The number of benzene rings is 1. The molecule has 1 aliphatic rings. The molecule has 0 saturated heterocycles. The van der Waals surface area contributed by atoms with Gasteiger partial charge in [0.2, 0.25) is 0 Å². The second-order valence-electron chi connectivity index (χ2n) is 6.34. The van der Waals surface area contributed by atoms with Gasteiger partial charge in [0, 0.05) is 30.4 Å². The number of nitrogens with one attached hydrogen (secondary N) is 1. The van der Waals surface area contributed by atoms with E-state index in [0.29, 0.717) is 6.04 Å². The second-order valence-corrected chi connectivity index (χ2v) is 6.34. The summed E-state index contributed by atoms with van der Waals surface area (Å²) in [4.78, 5) is 0. The Kier molecular flexibility index (Phi) is 4.60. The van der Waals surface area contributed by atoms with Crippen LogP contribution < -0.4 is 5.32 Å². The zero-order valence-corrected chi connectivity index (χ0v) is 13.4. The molecule has 118 valence electrons. The highest BCUT2D eigenvalue weighted by atomic mass is 16.3. The molecule has 0 spiro atoms. The smallest absolute Gasteiger partial charge is 0.0804 e. The summed E-state index contributed by atoms with van der Waals surface area (Å²) < 4.78 is 1.99. The van der Waals surface area contributed by atoms with Crippen LogP contribution in [0.15, 0.2) is 36.5 Å². The van der Waals surface area contributed by atoms with Crippen LogP contribution >= 0.6 is 0 Å². The van der Waals surface area contributed by atoms with E-state index >= 15 is 0 Å². The van der Waals surface area contributed by atoms with Crippen LogP contribution in [0.25, 0.3) is 0 Å². The first-order valence-electron chi connectivity index (χ1n) is 8.15. The maximum Gasteiger partial charge on any atom is 0.0804 e. The average Bonchev–Trinajstić information content (AvgIpc) is 2.91. The summed E-state index contributed by atoms with van der Waals surface area (Å²) in [5.74, 6) is 0. The van der Waals surface area contributed by atoms with E-state index in [1.807, 2.05) is 48.3 Å². The predicted octanol–water partition coefficient (Wildman–Crippen LogP) is 2.90. The number of hydrogen-bond acceptors (Lipinski definition) is 3. The summed E-state index contributed by atoms with van der Waals surface area (Å²) in [5.41, 5.74) is 3.66. The SMILES string of the molecule is CC(CC(O)c1ccccc1)NC1CCCc2c1cnn2C. The van der Waals surface area contributed by atoms with Crippen LogP contribution in [-0.4, -0.2) is 20.9 Å². The first-order valence-corrected chi connectivity index (χ1v) is 8.15. The molecule has 1 aromatic heterocycles. The highest BCUT2D eigenvalue weighted by molar-refractivity contribution is 5.25. The van der Waals surface area contributed by atoms with Crippen molar-refractivity contribution in [1.29, 1.82) is 0 Å². The summed E-state index contributed by atoms with van der Waals surface area (Å²) in [6, 6.07) is 10.5. The number of nitrogens with zero attached hydrogens (tertiary/aromatic N) is 2.